The minimum atomic E-state index is -0.110. The van der Waals surface area contributed by atoms with Gasteiger partial charge in [0.2, 0.25) is 5.91 Å². The highest BCUT2D eigenvalue weighted by Gasteiger charge is 2.40. The van der Waals surface area contributed by atoms with E-state index in [9.17, 15) is 4.79 Å². The summed E-state index contributed by atoms with van der Waals surface area (Å²) in [6, 6.07) is 15.1. The molecule has 3 aromatic rings. The molecule has 5 rings (SSSR count). The zero-order valence-corrected chi connectivity index (χ0v) is 17.8. The number of ether oxygens (including phenoxy) is 1. The highest BCUT2D eigenvalue weighted by Crippen LogP contribution is 2.41. The van der Waals surface area contributed by atoms with Crippen LogP contribution in [-0.4, -0.2) is 34.5 Å². The summed E-state index contributed by atoms with van der Waals surface area (Å²) in [6.45, 7) is 5.65. The van der Waals surface area contributed by atoms with Gasteiger partial charge in [0.05, 0.1) is 5.52 Å². The number of hydrogen-bond donors (Lipinski definition) is 0. The predicted octanol–water partition coefficient (Wildman–Crippen LogP) is 5.31. The third-order valence-corrected chi connectivity index (χ3v) is 6.81. The molecule has 1 saturated heterocycles. The van der Waals surface area contributed by atoms with Crippen molar-refractivity contribution in [1.82, 2.24) is 9.88 Å². The van der Waals surface area contributed by atoms with Crippen molar-refractivity contribution in [3.8, 4) is 16.9 Å². The molecule has 30 heavy (non-hydrogen) atoms. The molecule has 1 amide bonds. The number of nitrogens with zero attached hydrogens (tertiary/aromatic N) is 2. The van der Waals surface area contributed by atoms with Crippen molar-refractivity contribution in [1.29, 1.82) is 0 Å². The van der Waals surface area contributed by atoms with Crippen LogP contribution in [0.3, 0.4) is 0 Å². The molecular formula is C26H28N2O2. The molecule has 4 heteroatoms. The fourth-order valence-electron chi connectivity index (χ4n) is 4.91. The van der Waals surface area contributed by atoms with Crippen LogP contribution in [0.15, 0.2) is 48.7 Å². The standard InChI is InChI=1S/C26H28N2O2/c1-3-24(29)28-13-11-26(12-14-28)10-9-20-15-19(7-8-23(20)30-26)22-16-21-6-4-5-18(2)25(21)27-17-22/h4-8,15-17H,3,9-14H2,1-2H3. The van der Waals surface area contributed by atoms with Crippen molar-refractivity contribution in [2.24, 2.45) is 0 Å². The first-order valence-corrected chi connectivity index (χ1v) is 11.0. The lowest BCUT2D eigenvalue weighted by molar-refractivity contribution is -0.134. The van der Waals surface area contributed by atoms with Gasteiger partial charge in [-0.05, 0) is 54.7 Å². The number of aromatic nitrogens is 1. The first-order chi connectivity index (χ1) is 14.6. The summed E-state index contributed by atoms with van der Waals surface area (Å²) in [4.78, 5) is 18.7. The number of hydrogen-bond acceptors (Lipinski definition) is 3. The van der Waals surface area contributed by atoms with Gasteiger partial charge in [0.25, 0.3) is 0 Å². The van der Waals surface area contributed by atoms with Crippen molar-refractivity contribution in [2.75, 3.05) is 13.1 Å². The molecule has 0 bridgehead atoms. The molecule has 2 aliphatic rings. The van der Waals surface area contributed by atoms with Crippen molar-refractivity contribution >= 4 is 16.8 Å². The van der Waals surface area contributed by atoms with Gasteiger partial charge in [0.1, 0.15) is 11.4 Å². The number of carbonyl (C=O) groups excluding carboxylic acids is 1. The van der Waals surface area contributed by atoms with E-state index in [-0.39, 0.29) is 11.5 Å². The summed E-state index contributed by atoms with van der Waals surface area (Å²) in [7, 11) is 0. The van der Waals surface area contributed by atoms with Crippen molar-refractivity contribution < 1.29 is 9.53 Å². The van der Waals surface area contributed by atoms with E-state index >= 15 is 0 Å². The third-order valence-electron chi connectivity index (χ3n) is 6.81. The maximum atomic E-state index is 12.0. The summed E-state index contributed by atoms with van der Waals surface area (Å²) in [5.74, 6) is 1.26. The second-order valence-corrected chi connectivity index (χ2v) is 8.71. The van der Waals surface area contributed by atoms with Crippen molar-refractivity contribution in [3.63, 3.8) is 0 Å². The van der Waals surface area contributed by atoms with Crippen LogP contribution in [0, 0.1) is 6.92 Å². The number of fused-ring (bicyclic) bond motifs is 2. The van der Waals surface area contributed by atoms with E-state index in [2.05, 4.69) is 49.4 Å². The first-order valence-electron chi connectivity index (χ1n) is 11.0. The summed E-state index contributed by atoms with van der Waals surface area (Å²) < 4.78 is 6.55. The predicted molar refractivity (Wildman–Crippen MR) is 120 cm³/mol. The molecule has 0 radical (unpaired) electrons. The maximum absolute atomic E-state index is 12.0. The largest absolute Gasteiger partial charge is 0.487 e. The zero-order valence-electron chi connectivity index (χ0n) is 17.8. The van der Waals surface area contributed by atoms with Crippen LogP contribution in [0.2, 0.25) is 0 Å². The molecule has 2 aromatic carbocycles. The van der Waals surface area contributed by atoms with E-state index in [1.807, 2.05) is 18.0 Å². The fourth-order valence-corrected chi connectivity index (χ4v) is 4.91. The molecular weight excluding hydrogens is 372 g/mol. The summed E-state index contributed by atoms with van der Waals surface area (Å²) in [5.41, 5.74) is 5.76. The van der Waals surface area contributed by atoms with Crippen LogP contribution in [0.4, 0.5) is 0 Å². The number of para-hydroxylation sites is 1. The molecule has 0 N–H and O–H groups in total. The SMILES string of the molecule is CCC(=O)N1CCC2(CCc3cc(-c4cnc5c(C)cccc5c4)ccc3O2)CC1. The molecule has 0 saturated carbocycles. The molecule has 154 valence electrons. The van der Waals surface area contributed by atoms with E-state index < -0.39 is 0 Å². The molecule has 4 nitrogen and oxygen atoms in total. The number of pyridine rings is 1. The van der Waals surface area contributed by atoms with Crippen molar-refractivity contribution in [2.45, 2.75) is 51.6 Å². The van der Waals surface area contributed by atoms with Gasteiger partial charge in [-0.2, -0.15) is 0 Å². The van der Waals surface area contributed by atoms with Gasteiger partial charge in [0, 0.05) is 49.5 Å². The Morgan fingerprint density at radius 3 is 2.73 bits per heavy atom. The lowest BCUT2D eigenvalue weighted by atomic mass is 9.82. The molecule has 3 heterocycles. The lowest BCUT2D eigenvalue weighted by Crippen LogP contribution is -2.51. The van der Waals surface area contributed by atoms with Gasteiger partial charge in [-0.1, -0.05) is 31.2 Å². The van der Waals surface area contributed by atoms with E-state index in [1.54, 1.807) is 0 Å². The molecule has 1 spiro atoms. The molecule has 0 atom stereocenters. The second kappa shape index (κ2) is 7.42. The van der Waals surface area contributed by atoms with E-state index in [1.165, 1.54) is 22.1 Å². The Kier molecular flexibility index (Phi) is 4.73. The summed E-state index contributed by atoms with van der Waals surface area (Å²) in [6.07, 6.45) is 6.45. The first kappa shape index (κ1) is 19.1. The lowest BCUT2D eigenvalue weighted by Gasteiger charge is -2.44. The maximum Gasteiger partial charge on any atom is 0.222 e. The van der Waals surface area contributed by atoms with E-state index in [4.69, 9.17) is 9.72 Å². The van der Waals surface area contributed by atoms with Crippen LogP contribution in [0.1, 0.15) is 43.7 Å². The van der Waals surface area contributed by atoms with Gasteiger partial charge in [-0.3, -0.25) is 9.78 Å². The minimum Gasteiger partial charge on any atom is -0.487 e. The third kappa shape index (κ3) is 3.34. The van der Waals surface area contributed by atoms with Gasteiger partial charge in [0.15, 0.2) is 0 Å². The van der Waals surface area contributed by atoms with Gasteiger partial charge in [-0.15, -0.1) is 0 Å². The van der Waals surface area contributed by atoms with Gasteiger partial charge in [-0.25, -0.2) is 0 Å². The highest BCUT2D eigenvalue weighted by atomic mass is 16.5. The van der Waals surface area contributed by atoms with Crippen LogP contribution >= 0.6 is 0 Å². The molecule has 2 aliphatic heterocycles. The van der Waals surface area contributed by atoms with E-state index in [0.717, 1.165) is 55.6 Å². The Balaban J connectivity index is 1.37. The fraction of sp³-hybridized carbons (Fsp3) is 0.385. The Bertz CT molecular complexity index is 1110. The molecule has 1 aromatic heterocycles. The highest BCUT2D eigenvalue weighted by molar-refractivity contribution is 5.86. The molecule has 0 unspecified atom stereocenters. The number of amides is 1. The number of aryl methyl sites for hydroxylation is 2. The normalized spacial score (nSPS) is 17.6. The van der Waals surface area contributed by atoms with Gasteiger partial charge < -0.3 is 9.64 Å². The van der Waals surface area contributed by atoms with Gasteiger partial charge >= 0.3 is 0 Å². The minimum absolute atomic E-state index is 0.110. The van der Waals surface area contributed by atoms with Crippen LogP contribution in [-0.2, 0) is 11.2 Å². The smallest absolute Gasteiger partial charge is 0.222 e. The Hall–Kier alpha value is -2.88. The number of piperidine rings is 1. The van der Waals surface area contributed by atoms with Crippen LogP contribution < -0.4 is 4.74 Å². The monoisotopic (exact) mass is 400 g/mol. The Labute approximate surface area is 177 Å². The number of benzene rings is 2. The number of likely N-dealkylation sites (tertiary alicyclic amines) is 1. The summed E-state index contributed by atoms with van der Waals surface area (Å²) in [5, 5.41) is 1.17. The van der Waals surface area contributed by atoms with E-state index in [0.29, 0.717) is 6.42 Å². The molecule has 0 aliphatic carbocycles. The van der Waals surface area contributed by atoms with Crippen molar-refractivity contribution in [3.05, 3.63) is 59.8 Å². The number of carbonyl (C=O) groups is 1. The Morgan fingerprint density at radius 2 is 1.93 bits per heavy atom. The van der Waals surface area contributed by atoms with Crippen LogP contribution in [0.25, 0.3) is 22.0 Å². The summed E-state index contributed by atoms with van der Waals surface area (Å²) >= 11 is 0. The number of rotatable bonds is 2. The van der Waals surface area contributed by atoms with Crippen LogP contribution in [0.5, 0.6) is 5.75 Å². The average molecular weight is 401 g/mol. The quantitative estimate of drug-likeness (QED) is 0.586. The second-order valence-electron chi connectivity index (χ2n) is 8.71. The Morgan fingerprint density at radius 1 is 1.10 bits per heavy atom. The average Bonchev–Trinajstić information content (AvgIpc) is 2.79. The topological polar surface area (TPSA) is 42.4 Å². The molecule has 1 fully saturated rings. The zero-order chi connectivity index (χ0) is 20.7.